The molecule has 0 radical (unpaired) electrons. The molecule has 1 saturated heterocycles. The van der Waals surface area contributed by atoms with E-state index < -0.39 is 0 Å². The second-order valence-corrected chi connectivity index (χ2v) is 8.43. The predicted molar refractivity (Wildman–Crippen MR) is 126 cm³/mol. The molecular weight excluding hydrogens is 413 g/mol. The first kappa shape index (κ1) is 23.6. The number of hydrogen-bond donors (Lipinski definition) is 2. The molecule has 2 aromatic rings. The highest BCUT2D eigenvalue weighted by molar-refractivity contribution is 7.97. The van der Waals surface area contributed by atoms with Crippen LogP contribution in [0, 0.1) is 5.82 Å². The number of rotatable bonds is 9. The second-order valence-electron chi connectivity index (χ2n) is 7.57. The summed E-state index contributed by atoms with van der Waals surface area (Å²) < 4.78 is 25.0. The Hall–Kier alpha value is -2.09. The lowest BCUT2D eigenvalue weighted by Crippen LogP contribution is -2.36. The van der Waals surface area contributed by atoms with E-state index in [-0.39, 0.29) is 5.82 Å². The number of nitrogens with zero attached hydrogens (tertiary/aromatic N) is 1. The predicted octanol–water partition coefficient (Wildman–Crippen LogP) is 4.25. The maximum absolute atomic E-state index is 13.6. The van der Waals surface area contributed by atoms with Gasteiger partial charge in [-0.05, 0) is 53.5 Å². The molecule has 3 rings (SSSR count). The second kappa shape index (κ2) is 12.7. The van der Waals surface area contributed by atoms with Crippen molar-refractivity contribution in [1.82, 2.24) is 10.6 Å². The molecular formula is C24H32FN3O2S. The topological polar surface area (TPSA) is 54.9 Å². The third-order valence-electron chi connectivity index (χ3n) is 5.24. The Morgan fingerprint density at radius 3 is 2.65 bits per heavy atom. The fourth-order valence-corrected chi connectivity index (χ4v) is 4.11. The molecule has 2 aromatic carbocycles. The van der Waals surface area contributed by atoms with Gasteiger partial charge in [-0.2, -0.15) is 11.8 Å². The summed E-state index contributed by atoms with van der Waals surface area (Å²) in [5.74, 6) is 1.29. The smallest absolute Gasteiger partial charge is 0.191 e. The molecule has 168 valence electrons. The Kier molecular flexibility index (Phi) is 9.65. The third-order valence-corrected chi connectivity index (χ3v) is 5.84. The zero-order valence-electron chi connectivity index (χ0n) is 18.3. The lowest BCUT2D eigenvalue weighted by Gasteiger charge is -2.22. The molecule has 31 heavy (non-hydrogen) atoms. The first-order chi connectivity index (χ1) is 15.2. The van der Waals surface area contributed by atoms with Gasteiger partial charge in [-0.1, -0.05) is 30.3 Å². The van der Waals surface area contributed by atoms with Crippen LogP contribution >= 0.6 is 11.8 Å². The van der Waals surface area contributed by atoms with E-state index in [0.717, 1.165) is 42.9 Å². The zero-order chi connectivity index (χ0) is 21.9. The Balaban J connectivity index is 1.49. The first-order valence-electron chi connectivity index (χ1n) is 10.7. The fourth-order valence-electron chi connectivity index (χ4n) is 3.53. The van der Waals surface area contributed by atoms with Crippen LogP contribution in [0.1, 0.15) is 35.1 Å². The van der Waals surface area contributed by atoms with Crippen molar-refractivity contribution in [3.63, 3.8) is 0 Å². The first-order valence-corrected chi connectivity index (χ1v) is 12.0. The SMILES string of the molecule is CN=C(NCc1cccc(COC2CCOCC2)c1)NCc1ccc(F)cc1CSC. The molecule has 1 heterocycles. The largest absolute Gasteiger partial charge is 0.381 e. The van der Waals surface area contributed by atoms with Crippen molar-refractivity contribution in [2.45, 2.75) is 44.4 Å². The summed E-state index contributed by atoms with van der Waals surface area (Å²) in [6.45, 7) is 3.45. The highest BCUT2D eigenvalue weighted by atomic mass is 32.2. The van der Waals surface area contributed by atoms with Gasteiger partial charge in [0.05, 0.1) is 12.7 Å². The van der Waals surface area contributed by atoms with Crippen molar-refractivity contribution in [1.29, 1.82) is 0 Å². The Bertz CT molecular complexity index is 856. The summed E-state index contributed by atoms with van der Waals surface area (Å²) in [7, 11) is 1.75. The van der Waals surface area contributed by atoms with E-state index in [4.69, 9.17) is 9.47 Å². The molecule has 0 amide bonds. The van der Waals surface area contributed by atoms with Crippen molar-refractivity contribution in [2.24, 2.45) is 4.99 Å². The van der Waals surface area contributed by atoms with E-state index in [1.807, 2.05) is 12.3 Å². The molecule has 0 atom stereocenters. The molecule has 1 fully saturated rings. The van der Waals surface area contributed by atoms with Gasteiger partial charge in [-0.3, -0.25) is 4.99 Å². The molecule has 1 aliphatic rings. The summed E-state index contributed by atoms with van der Waals surface area (Å²) in [5, 5.41) is 6.68. The van der Waals surface area contributed by atoms with Gasteiger partial charge in [-0.25, -0.2) is 4.39 Å². The van der Waals surface area contributed by atoms with Gasteiger partial charge in [0.2, 0.25) is 0 Å². The van der Waals surface area contributed by atoms with Crippen LogP contribution in [0.5, 0.6) is 0 Å². The molecule has 7 heteroatoms. The maximum atomic E-state index is 13.6. The summed E-state index contributed by atoms with van der Waals surface area (Å²) >= 11 is 1.68. The van der Waals surface area contributed by atoms with Gasteiger partial charge in [0, 0.05) is 39.1 Å². The summed E-state index contributed by atoms with van der Waals surface area (Å²) in [6, 6.07) is 13.4. The van der Waals surface area contributed by atoms with E-state index in [2.05, 4.69) is 39.9 Å². The molecule has 5 nitrogen and oxygen atoms in total. The maximum Gasteiger partial charge on any atom is 0.191 e. The Morgan fingerprint density at radius 1 is 1.10 bits per heavy atom. The van der Waals surface area contributed by atoms with Crippen LogP contribution < -0.4 is 10.6 Å². The third kappa shape index (κ3) is 7.83. The van der Waals surface area contributed by atoms with Crippen molar-refractivity contribution >= 4 is 17.7 Å². The Labute approximate surface area is 188 Å². The van der Waals surface area contributed by atoms with Crippen LogP contribution in [0.15, 0.2) is 47.5 Å². The number of ether oxygens (including phenoxy) is 2. The standard InChI is InChI=1S/C24H32FN3O2S/c1-26-24(28-15-20-6-7-22(25)13-21(20)17-31-2)27-14-18-4-3-5-19(12-18)16-30-23-8-10-29-11-9-23/h3-7,12-13,23H,8-11,14-17H2,1-2H3,(H2,26,27,28). The number of nitrogens with one attached hydrogen (secondary N) is 2. The van der Waals surface area contributed by atoms with Crippen molar-refractivity contribution < 1.29 is 13.9 Å². The number of guanidine groups is 1. The summed E-state index contributed by atoms with van der Waals surface area (Å²) in [6.07, 6.45) is 4.25. The van der Waals surface area contributed by atoms with Crippen molar-refractivity contribution in [2.75, 3.05) is 26.5 Å². The molecule has 0 aliphatic carbocycles. The normalized spacial score (nSPS) is 15.1. The minimum atomic E-state index is -0.198. The lowest BCUT2D eigenvalue weighted by atomic mass is 10.1. The molecule has 1 aliphatic heterocycles. The fraction of sp³-hybridized carbons (Fsp3) is 0.458. The van der Waals surface area contributed by atoms with Gasteiger partial charge < -0.3 is 20.1 Å². The number of aliphatic imine (C=N–C) groups is 1. The molecule has 0 spiro atoms. The van der Waals surface area contributed by atoms with E-state index in [1.54, 1.807) is 24.9 Å². The minimum Gasteiger partial charge on any atom is -0.381 e. The van der Waals surface area contributed by atoms with Crippen LogP contribution in [0.3, 0.4) is 0 Å². The van der Waals surface area contributed by atoms with Crippen LogP contribution in [-0.2, 0) is 34.9 Å². The average molecular weight is 446 g/mol. The van der Waals surface area contributed by atoms with Gasteiger partial charge >= 0.3 is 0 Å². The molecule has 2 N–H and O–H groups in total. The summed E-state index contributed by atoms with van der Waals surface area (Å²) in [4.78, 5) is 4.31. The van der Waals surface area contributed by atoms with Gasteiger partial charge in [0.1, 0.15) is 5.82 Å². The van der Waals surface area contributed by atoms with Crippen LogP contribution in [0.2, 0.25) is 0 Å². The highest BCUT2D eigenvalue weighted by Gasteiger charge is 2.14. The van der Waals surface area contributed by atoms with E-state index >= 15 is 0 Å². The van der Waals surface area contributed by atoms with Gasteiger partial charge in [-0.15, -0.1) is 0 Å². The van der Waals surface area contributed by atoms with Crippen LogP contribution in [-0.4, -0.2) is 38.6 Å². The van der Waals surface area contributed by atoms with E-state index in [0.29, 0.717) is 31.8 Å². The number of halogens is 1. The van der Waals surface area contributed by atoms with Crippen LogP contribution in [0.4, 0.5) is 4.39 Å². The average Bonchev–Trinajstić information content (AvgIpc) is 2.80. The molecule has 0 aromatic heterocycles. The monoisotopic (exact) mass is 445 g/mol. The van der Waals surface area contributed by atoms with E-state index in [1.165, 1.54) is 17.2 Å². The number of hydrogen-bond acceptors (Lipinski definition) is 4. The molecule has 0 saturated carbocycles. The number of thioether (sulfide) groups is 1. The quantitative estimate of drug-likeness (QED) is 0.446. The highest BCUT2D eigenvalue weighted by Crippen LogP contribution is 2.17. The van der Waals surface area contributed by atoms with Crippen LogP contribution in [0.25, 0.3) is 0 Å². The van der Waals surface area contributed by atoms with E-state index in [9.17, 15) is 4.39 Å². The molecule has 0 bridgehead atoms. The minimum absolute atomic E-state index is 0.198. The van der Waals surface area contributed by atoms with Crippen molar-refractivity contribution in [3.8, 4) is 0 Å². The summed E-state index contributed by atoms with van der Waals surface area (Å²) in [5.41, 5.74) is 4.42. The zero-order valence-corrected chi connectivity index (χ0v) is 19.1. The number of benzene rings is 2. The van der Waals surface area contributed by atoms with Crippen molar-refractivity contribution in [3.05, 3.63) is 70.5 Å². The Morgan fingerprint density at radius 2 is 1.87 bits per heavy atom. The van der Waals surface area contributed by atoms with Gasteiger partial charge in [0.15, 0.2) is 5.96 Å². The lowest BCUT2D eigenvalue weighted by molar-refractivity contribution is -0.0390. The van der Waals surface area contributed by atoms with Gasteiger partial charge in [0.25, 0.3) is 0 Å². The molecule has 0 unspecified atom stereocenters.